The molecule has 2 rings (SSSR count). The van der Waals surface area contributed by atoms with Gasteiger partial charge in [-0.25, -0.2) is 4.63 Å². The molecule has 0 saturated carbocycles. The van der Waals surface area contributed by atoms with Crippen molar-refractivity contribution in [2.24, 2.45) is 0 Å². The van der Waals surface area contributed by atoms with Gasteiger partial charge in [0.15, 0.2) is 0 Å². The summed E-state index contributed by atoms with van der Waals surface area (Å²) in [5.74, 6) is 0. The summed E-state index contributed by atoms with van der Waals surface area (Å²) in [7, 11) is 0. The normalized spacial score (nSPS) is 11.7. The zero-order valence-corrected chi connectivity index (χ0v) is 7.32. The van der Waals surface area contributed by atoms with Crippen LogP contribution in [0.2, 0.25) is 0 Å². The predicted molar refractivity (Wildman–Crippen MR) is 44.7 cm³/mol. The molecule has 0 aliphatic carbocycles. The molecule has 1 aromatic heterocycles. The summed E-state index contributed by atoms with van der Waals surface area (Å²) in [6.45, 7) is 0. The molecule has 2 aromatic rings. The maximum absolute atomic E-state index is 12.6. The summed E-state index contributed by atoms with van der Waals surface area (Å²) in [6.07, 6.45) is -3.26. The number of hydrogen-bond donors (Lipinski definition) is 0. The first-order valence-corrected chi connectivity index (χ1v) is 4.03. The Morgan fingerprint density at radius 2 is 1.87 bits per heavy atom. The van der Waals surface area contributed by atoms with Gasteiger partial charge in [-0.3, -0.25) is 0 Å². The van der Waals surface area contributed by atoms with Crippen LogP contribution in [0.1, 0.15) is 5.56 Å². The lowest BCUT2D eigenvalue weighted by molar-refractivity contribution is -0.137. The molecule has 0 radical (unpaired) electrons. The zero-order chi connectivity index (χ0) is 10.9. The summed E-state index contributed by atoms with van der Waals surface area (Å²) in [4.78, 5) is 0. The molecule has 0 aliphatic heterocycles. The summed E-state index contributed by atoms with van der Waals surface area (Å²) in [5.41, 5.74) is -0.713. The van der Waals surface area contributed by atoms with Gasteiger partial charge in [-0.1, -0.05) is 23.4 Å². The first-order valence-electron chi connectivity index (χ1n) is 4.03. The number of nitrogens with zero attached hydrogens (tertiary/aromatic N) is 2. The fourth-order valence-electron chi connectivity index (χ4n) is 1.24. The van der Waals surface area contributed by atoms with Crippen molar-refractivity contribution < 1.29 is 17.8 Å². The Morgan fingerprint density at radius 1 is 1.13 bits per heavy atom. The van der Waals surface area contributed by atoms with Crippen molar-refractivity contribution in [1.29, 1.82) is 0 Å². The maximum atomic E-state index is 12.6. The van der Waals surface area contributed by atoms with Crippen LogP contribution < -0.4 is 0 Å². The highest BCUT2D eigenvalue weighted by molar-refractivity contribution is 5.62. The Labute approximate surface area is 82.5 Å². The van der Waals surface area contributed by atoms with Crippen molar-refractivity contribution in [2.75, 3.05) is 0 Å². The van der Waals surface area contributed by atoms with Gasteiger partial charge in [0.2, 0.25) is 0 Å². The van der Waals surface area contributed by atoms with Crippen LogP contribution >= 0.6 is 0 Å². The second-order valence-corrected chi connectivity index (χ2v) is 2.84. The zero-order valence-electron chi connectivity index (χ0n) is 7.32. The van der Waals surface area contributed by atoms with E-state index in [4.69, 9.17) is 0 Å². The molecule has 6 heteroatoms. The first kappa shape index (κ1) is 9.70. The second kappa shape index (κ2) is 3.38. The molecule has 1 heterocycles. The van der Waals surface area contributed by atoms with Gasteiger partial charge < -0.3 is 0 Å². The van der Waals surface area contributed by atoms with Gasteiger partial charge in [0.25, 0.3) is 0 Å². The molecular formula is C9H5F3N2O. The van der Waals surface area contributed by atoms with E-state index in [1.807, 2.05) is 0 Å². The van der Waals surface area contributed by atoms with Crippen molar-refractivity contribution >= 4 is 0 Å². The fraction of sp³-hybridized carbons (Fsp3) is 0.111. The standard InChI is InChI=1S/C9H5F3N2O/c10-9(11,12)7-4-2-1-3-6(7)8-5-13-15-14-8/h1-5H. The minimum Gasteiger partial charge on any atom is -0.244 e. The van der Waals surface area contributed by atoms with E-state index in [1.54, 1.807) is 0 Å². The monoisotopic (exact) mass is 214 g/mol. The first-order chi connectivity index (χ1) is 7.09. The maximum Gasteiger partial charge on any atom is 0.417 e. The highest BCUT2D eigenvalue weighted by Crippen LogP contribution is 2.35. The molecule has 0 aliphatic rings. The fourth-order valence-corrected chi connectivity index (χ4v) is 1.24. The minimum absolute atomic E-state index is 0.0359. The molecule has 78 valence electrons. The summed E-state index contributed by atoms with van der Waals surface area (Å²) < 4.78 is 42.0. The highest BCUT2D eigenvalue weighted by atomic mass is 19.4. The Hall–Kier alpha value is -1.85. The van der Waals surface area contributed by atoms with Crippen LogP contribution in [0.3, 0.4) is 0 Å². The van der Waals surface area contributed by atoms with Gasteiger partial charge >= 0.3 is 6.18 Å². The largest absolute Gasteiger partial charge is 0.417 e. The average molecular weight is 214 g/mol. The van der Waals surface area contributed by atoms with Crippen LogP contribution in [0.15, 0.2) is 35.1 Å². The third-order valence-electron chi connectivity index (χ3n) is 1.87. The number of hydrogen-bond acceptors (Lipinski definition) is 3. The Morgan fingerprint density at radius 3 is 2.47 bits per heavy atom. The van der Waals surface area contributed by atoms with Gasteiger partial charge in [-0.15, -0.1) is 0 Å². The molecular weight excluding hydrogens is 209 g/mol. The van der Waals surface area contributed by atoms with E-state index in [9.17, 15) is 13.2 Å². The van der Waals surface area contributed by atoms with Crippen molar-refractivity contribution in [3.05, 3.63) is 36.0 Å². The van der Waals surface area contributed by atoms with E-state index >= 15 is 0 Å². The molecule has 1 aromatic carbocycles. The molecule has 15 heavy (non-hydrogen) atoms. The van der Waals surface area contributed by atoms with E-state index in [1.165, 1.54) is 18.2 Å². The molecule has 0 unspecified atom stereocenters. The topological polar surface area (TPSA) is 38.9 Å². The van der Waals surface area contributed by atoms with Crippen molar-refractivity contribution in [3.8, 4) is 11.3 Å². The lowest BCUT2D eigenvalue weighted by Crippen LogP contribution is -2.06. The summed E-state index contributed by atoms with van der Waals surface area (Å²) >= 11 is 0. The Balaban J connectivity index is 2.58. The molecule has 0 N–H and O–H groups in total. The van der Waals surface area contributed by atoms with E-state index in [0.29, 0.717) is 0 Å². The number of halogens is 3. The van der Waals surface area contributed by atoms with Crippen LogP contribution in [0.5, 0.6) is 0 Å². The number of benzene rings is 1. The van der Waals surface area contributed by atoms with E-state index < -0.39 is 11.7 Å². The van der Waals surface area contributed by atoms with Crippen LogP contribution in [-0.4, -0.2) is 10.3 Å². The molecule has 0 amide bonds. The lowest BCUT2D eigenvalue weighted by atomic mass is 10.1. The van der Waals surface area contributed by atoms with Crippen LogP contribution in [0, 0.1) is 0 Å². The minimum atomic E-state index is -4.41. The Bertz CT molecular complexity index is 451. The van der Waals surface area contributed by atoms with Crippen molar-refractivity contribution in [1.82, 2.24) is 10.3 Å². The van der Waals surface area contributed by atoms with Gasteiger partial charge in [-0.05, 0) is 11.2 Å². The molecule has 0 spiro atoms. The van der Waals surface area contributed by atoms with Gasteiger partial charge in [0.1, 0.15) is 5.69 Å². The molecule has 0 bridgehead atoms. The lowest BCUT2D eigenvalue weighted by Gasteiger charge is -2.09. The average Bonchev–Trinajstić information content (AvgIpc) is 2.69. The van der Waals surface area contributed by atoms with Crippen LogP contribution in [0.4, 0.5) is 13.2 Å². The van der Waals surface area contributed by atoms with E-state index in [2.05, 4.69) is 14.9 Å². The van der Waals surface area contributed by atoms with Crippen LogP contribution in [0.25, 0.3) is 11.3 Å². The third-order valence-corrected chi connectivity index (χ3v) is 1.87. The SMILES string of the molecule is FC(F)(F)c1ccccc1-c1cnon1. The molecule has 0 fully saturated rings. The number of aromatic nitrogens is 2. The Kier molecular flexibility index (Phi) is 2.18. The predicted octanol–water partition coefficient (Wildman–Crippen LogP) is 2.76. The number of alkyl halides is 3. The van der Waals surface area contributed by atoms with E-state index in [-0.39, 0.29) is 11.3 Å². The molecule has 0 saturated heterocycles. The third kappa shape index (κ3) is 1.83. The number of rotatable bonds is 1. The van der Waals surface area contributed by atoms with Crippen molar-refractivity contribution in [2.45, 2.75) is 6.18 Å². The summed E-state index contributed by atoms with van der Waals surface area (Å²) in [5, 5.41) is 6.64. The molecule has 3 nitrogen and oxygen atoms in total. The van der Waals surface area contributed by atoms with Crippen LogP contribution in [-0.2, 0) is 6.18 Å². The summed E-state index contributed by atoms with van der Waals surface area (Å²) in [6, 6.07) is 5.13. The highest BCUT2D eigenvalue weighted by Gasteiger charge is 2.33. The van der Waals surface area contributed by atoms with Gasteiger partial charge in [-0.2, -0.15) is 13.2 Å². The molecule has 0 atom stereocenters. The quantitative estimate of drug-likeness (QED) is 0.732. The van der Waals surface area contributed by atoms with Gasteiger partial charge in [0, 0.05) is 5.56 Å². The van der Waals surface area contributed by atoms with Gasteiger partial charge in [0.05, 0.1) is 11.8 Å². The second-order valence-electron chi connectivity index (χ2n) is 2.84. The van der Waals surface area contributed by atoms with E-state index in [0.717, 1.165) is 12.3 Å². The smallest absolute Gasteiger partial charge is 0.244 e. The van der Waals surface area contributed by atoms with Crippen molar-refractivity contribution in [3.63, 3.8) is 0 Å².